The highest BCUT2D eigenvalue weighted by Gasteiger charge is 2.38. The number of allylic oxidation sites excluding steroid dienone is 1. The third-order valence-corrected chi connectivity index (χ3v) is 5.39. The average Bonchev–Trinajstić information content (AvgIpc) is 2.76. The summed E-state index contributed by atoms with van der Waals surface area (Å²) in [5.74, 6) is 0.386. The second kappa shape index (κ2) is 6.18. The van der Waals surface area contributed by atoms with Crippen LogP contribution in [0.2, 0.25) is 0 Å². The SMILES string of the molecule is C/N=C1\SC(C2CCN(C(=O)O)CC2)/C(=C\C#N)N1C. The van der Waals surface area contributed by atoms with Crippen LogP contribution >= 0.6 is 11.8 Å². The van der Waals surface area contributed by atoms with Gasteiger partial charge in [-0.25, -0.2) is 4.79 Å². The number of carbonyl (C=O) groups is 1. The van der Waals surface area contributed by atoms with E-state index < -0.39 is 6.09 Å². The van der Waals surface area contributed by atoms with Crippen molar-refractivity contribution in [2.45, 2.75) is 18.1 Å². The fourth-order valence-electron chi connectivity index (χ4n) is 2.73. The quantitative estimate of drug-likeness (QED) is 0.746. The van der Waals surface area contributed by atoms with E-state index in [2.05, 4.69) is 11.1 Å². The number of aliphatic imine (C=N–C) groups is 1. The first-order valence-electron chi connectivity index (χ1n) is 6.53. The molecule has 0 saturated carbocycles. The fraction of sp³-hybridized carbons (Fsp3) is 0.615. The highest BCUT2D eigenvalue weighted by molar-refractivity contribution is 8.14. The minimum absolute atomic E-state index is 0.203. The predicted molar refractivity (Wildman–Crippen MR) is 78.5 cm³/mol. The van der Waals surface area contributed by atoms with Crippen LogP contribution in [-0.4, -0.2) is 58.6 Å². The van der Waals surface area contributed by atoms with Gasteiger partial charge in [-0.2, -0.15) is 5.26 Å². The number of hydrogen-bond acceptors (Lipinski definition) is 4. The summed E-state index contributed by atoms with van der Waals surface area (Å²) in [6, 6.07) is 2.10. The number of likely N-dealkylation sites (tertiary alicyclic amines) is 1. The van der Waals surface area contributed by atoms with Crippen LogP contribution in [0.1, 0.15) is 12.8 Å². The first-order chi connectivity index (χ1) is 9.58. The van der Waals surface area contributed by atoms with Gasteiger partial charge in [-0.05, 0) is 18.8 Å². The Morgan fingerprint density at radius 3 is 2.70 bits per heavy atom. The van der Waals surface area contributed by atoms with Crippen molar-refractivity contribution in [1.82, 2.24) is 9.80 Å². The molecule has 0 aliphatic carbocycles. The van der Waals surface area contributed by atoms with Gasteiger partial charge < -0.3 is 14.9 Å². The molecule has 1 unspecified atom stereocenters. The van der Waals surface area contributed by atoms with E-state index in [1.807, 2.05) is 11.9 Å². The van der Waals surface area contributed by atoms with Gasteiger partial charge in [0.1, 0.15) is 0 Å². The zero-order chi connectivity index (χ0) is 14.7. The van der Waals surface area contributed by atoms with Crippen LogP contribution in [-0.2, 0) is 0 Å². The normalized spacial score (nSPS) is 28.1. The van der Waals surface area contributed by atoms with Crippen molar-refractivity contribution >= 4 is 23.0 Å². The number of nitriles is 1. The van der Waals surface area contributed by atoms with Crippen LogP contribution in [0, 0.1) is 17.2 Å². The molecule has 108 valence electrons. The first kappa shape index (κ1) is 14.7. The van der Waals surface area contributed by atoms with Crippen molar-refractivity contribution < 1.29 is 9.90 Å². The second-order valence-corrected chi connectivity index (χ2v) is 6.02. The lowest BCUT2D eigenvalue weighted by atomic mass is 9.91. The van der Waals surface area contributed by atoms with E-state index in [0.29, 0.717) is 19.0 Å². The lowest BCUT2D eigenvalue weighted by Gasteiger charge is -2.33. The maximum atomic E-state index is 10.9. The number of carboxylic acid groups (broad SMARTS) is 1. The third-order valence-electron chi connectivity index (χ3n) is 3.84. The highest BCUT2D eigenvalue weighted by atomic mass is 32.2. The highest BCUT2D eigenvalue weighted by Crippen LogP contribution is 2.41. The summed E-state index contributed by atoms with van der Waals surface area (Å²) in [5.41, 5.74) is 0.979. The van der Waals surface area contributed by atoms with Crippen LogP contribution in [0.25, 0.3) is 0 Å². The largest absolute Gasteiger partial charge is 0.465 e. The summed E-state index contributed by atoms with van der Waals surface area (Å²) in [6.07, 6.45) is 2.40. The zero-order valence-corrected chi connectivity index (χ0v) is 12.4. The molecule has 1 atom stereocenters. The summed E-state index contributed by atoms with van der Waals surface area (Å²) in [5, 5.41) is 19.1. The monoisotopic (exact) mass is 294 g/mol. The molecule has 2 saturated heterocycles. The Hall–Kier alpha value is -1.68. The topological polar surface area (TPSA) is 79.9 Å². The molecular weight excluding hydrogens is 276 g/mol. The van der Waals surface area contributed by atoms with Crippen LogP contribution in [0.3, 0.4) is 0 Å². The smallest absolute Gasteiger partial charge is 0.407 e. The van der Waals surface area contributed by atoms with Crippen LogP contribution in [0.15, 0.2) is 16.8 Å². The number of rotatable bonds is 1. The Balaban J connectivity index is 2.11. The molecule has 2 heterocycles. The molecule has 0 aromatic heterocycles. The van der Waals surface area contributed by atoms with E-state index in [9.17, 15) is 4.79 Å². The summed E-state index contributed by atoms with van der Waals surface area (Å²) >= 11 is 1.67. The van der Waals surface area contributed by atoms with E-state index in [-0.39, 0.29) is 5.25 Å². The molecule has 2 fully saturated rings. The molecule has 1 amide bonds. The Morgan fingerprint density at radius 2 is 2.20 bits per heavy atom. The van der Waals surface area contributed by atoms with Crippen molar-refractivity contribution in [2.75, 3.05) is 27.2 Å². The van der Waals surface area contributed by atoms with Gasteiger partial charge in [0.25, 0.3) is 0 Å². The molecule has 7 heteroatoms. The number of amidine groups is 1. The molecule has 6 nitrogen and oxygen atoms in total. The number of piperidine rings is 1. The summed E-state index contributed by atoms with van der Waals surface area (Å²) in [7, 11) is 3.67. The average molecular weight is 294 g/mol. The number of amides is 1. The Morgan fingerprint density at radius 1 is 1.55 bits per heavy atom. The minimum atomic E-state index is -0.844. The van der Waals surface area contributed by atoms with Crippen LogP contribution in [0.5, 0.6) is 0 Å². The van der Waals surface area contributed by atoms with E-state index in [1.165, 1.54) is 4.90 Å². The van der Waals surface area contributed by atoms with Gasteiger partial charge in [0, 0.05) is 39.0 Å². The number of thioether (sulfide) groups is 1. The minimum Gasteiger partial charge on any atom is -0.465 e. The number of nitrogens with zero attached hydrogens (tertiary/aromatic N) is 4. The third kappa shape index (κ3) is 2.75. The van der Waals surface area contributed by atoms with Gasteiger partial charge in [-0.1, -0.05) is 11.8 Å². The maximum absolute atomic E-state index is 10.9. The molecule has 0 radical (unpaired) electrons. The fourth-order valence-corrected chi connectivity index (χ4v) is 4.14. The van der Waals surface area contributed by atoms with E-state index in [4.69, 9.17) is 10.4 Å². The van der Waals surface area contributed by atoms with Crippen LogP contribution in [0.4, 0.5) is 4.79 Å². The predicted octanol–water partition coefficient (Wildman–Crippen LogP) is 1.82. The number of hydrogen-bond donors (Lipinski definition) is 1. The van der Waals surface area contributed by atoms with Gasteiger partial charge >= 0.3 is 6.09 Å². The standard InChI is InChI=1S/C13H18N4O2S/c1-15-12-16(2)10(3-6-14)11(20-12)9-4-7-17(8-5-9)13(18)19/h3,9,11H,4-5,7-8H2,1-2H3,(H,18,19)/b10-3+,15-12-. The van der Waals surface area contributed by atoms with Gasteiger partial charge in [-0.3, -0.25) is 4.99 Å². The molecule has 2 aliphatic heterocycles. The molecule has 0 bridgehead atoms. The van der Waals surface area contributed by atoms with Crippen molar-refractivity contribution in [1.29, 1.82) is 5.26 Å². The van der Waals surface area contributed by atoms with Crippen LogP contribution < -0.4 is 0 Å². The molecule has 20 heavy (non-hydrogen) atoms. The summed E-state index contributed by atoms with van der Waals surface area (Å²) < 4.78 is 0. The summed E-state index contributed by atoms with van der Waals surface area (Å²) in [6.45, 7) is 1.14. The molecular formula is C13H18N4O2S. The molecule has 1 N–H and O–H groups in total. The van der Waals surface area contributed by atoms with Gasteiger partial charge in [-0.15, -0.1) is 0 Å². The van der Waals surface area contributed by atoms with Crippen molar-refractivity contribution in [2.24, 2.45) is 10.9 Å². The lowest BCUT2D eigenvalue weighted by Crippen LogP contribution is -2.40. The first-order valence-corrected chi connectivity index (χ1v) is 7.41. The zero-order valence-electron chi connectivity index (χ0n) is 11.6. The van der Waals surface area contributed by atoms with E-state index >= 15 is 0 Å². The second-order valence-electron chi connectivity index (χ2n) is 4.91. The Labute approximate surface area is 122 Å². The summed E-state index contributed by atoms with van der Waals surface area (Å²) in [4.78, 5) is 18.6. The van der Waals surface area contributed by atoms with Crippen molar-refractivity contribution in [3.8, 4) is 6.07 Å². The lowest BCUT2D eigenvalue weighted by molar-refractivity contribution is 0.125. The van der Waals surface area contributed by atoms with Crippen molar-refractivity contribution in [3.05, 3.63) is 11.8 Å². The molecule has 2 aliphatic rings. The molecule has 0 spiro atoms. The van der Waals surface area contributed by atoms with E-state index in [0.717, 1.165) is 23.7 Å². The molecule has 2 rings (SSSR count). The van der Waals surface area contributed by atoms with Crippen molar-refractivity contribution in [3.63, 3.8) is 0 Å². The maximum Gasteiger partial charge on any atom is 0.407 e. The van der Waals surface area contributed by atoms with Gasteiger partial charge in [0.05, 0.1) is 11.3 Å². The molecule has 0 aromatic rings. The Kier molecular flexibility index (Phi) is 4.55. The Bertz CT molecular complexity index is 489. The molecule has 0 aromatic carbocycles. The van der Waals surface area contributed by atoms with Gasteiger partial charge in [0.15, 0.2) is 5.17 Å². The van der Waals surface area contributed by atoms with E-state index in [1.54, 1.807) is 24.9 Å². The van der Waals surface area contributed by atoms with Gasteiger partial charge in [0.2, 0.25) is 0 Å².